The van der Waals surface area contributed by atoms with Crippen molar-refractivity contribution < 1.29 is 17.9 Å². The highest BCUT2D eigenvalue weighted by atomic mass is 35.5. The average Bonchev–Trinajstić information content (AvgIpc) is 2.67. The Morgan fingerprint density at radius 2 is 1.53 bits per heavy atom. The molecule has 3 aromatic rings. The van der Waals surface area contributed by atoms with E-state index in [9.17, 15) is 13.2 Å². The van der Waals surface area contributed by atoms with Gasteiger partial charge in [-0.15, -0.1) is 0 Å². The molecule has 0 fully saturated rings. The summed E-state index contributed by atoms with van der Waals surface area (Å²) in [6.07, 6.45) is 0. The van der Waals surface area contributed by atoms with Crippen LogP contribution in [0, 0.1) is 0 Å². The van der Waals surface area contributed by atoms with Crippen LogP contribution in [0.15, 0.2) is 71.6 Å². The second-order valence-corrected chi connectivity index (χ2v) is 9.01. The van der Waals surface area contributed by atoms with Crippen LogP contribution in [0.4, 0.5) is 11.4 Å². The first-order valence-electron chi connectivity index (χ1n) is 8.49. The van der Waals surface area contributed by atoms with Gasteiger partial charge in [0.05, 0.1) is 21.3 Å². The van der Waals surface area contributed by atoms with E-state index in [2.05, 4.69) is 10.0 Å². The molecule has 3 aromatic carbocycles. The fourth-order valence-electron chi connectivity index (χ4n) is 2.44. The Morgan fingerprint density at radius 3 is 2.17 bits per heavy atom. The van der Waals surface area contributed by atoms with Crippen molar-refractivity contribution in [1.82, 2.24) is 0 Å². The normalized spacial score (nSPS) is 11.0. The maximum absolute atomic E-state index is 12.5. The summed E-state index contributed by atoms with van der Waals surface area (Å²) in [5.41, 5.74) is 0.713. The highest BCUT2D eigenvalue weighted by Crippen LogP contribution is 2.25. The van der Waals surface area contributed by atoms with Crippen LogP contribution in [0.5, 0.6) is 5.75 Å². The van der Waals surface area contributed by atoms with Crippen LogP contribution in [-0.4, -0.2) is 20.9 Å². The summed E-state index contributed by atoms with van der Waals surface area (Å²) < 4.78 is 32.8. The lowest BCUT2D eigenvalue weighted by atomic mass is 10.3. The molecule has 0 spiro atoms. The third-order valence-corrected chi connectivity index (χ3v) is 5.93. The molecule has 0 radical (unpaired) electrons. The van der Waals surface area contributed by atoms with Gasteiger partial charge in [-0.2, -0.15) is 0 Å². The number of nitrogens with one attached hydrogen (secondary N) is 2. The first-order valence-corrected chi connectivity index (χ1v) is 11.1. The third-order valence-electron chi connectivity index (χ3n) is 3.77. The Hall–Kier alpha value is -2.45. The quantitative estimate of drug-likeness (QED) is 0.465. The number of para-hydroxylation sites is 1. The molecule has 156 valence electrons. The van der Waals surface area contributed by atoms with E-state index in [-0.39, 0.29) is 17.2 Å². The lowest BCUT2D eigenvalue weighted by Crippen LogP contribution is -2.20. The molecular formula is C20H15Cl3N2O4S. The Kier molecular flexibility index (Phi) is 7.10. The topological polar surface area (TPSA) is 84.5 Å². The molecular weight excluding hydrogens is 471 g/mol. The Bertz CT molecular complexity index is 1150. The molecule has 0 heterocycles. The molecule has 2 N–H and O–H groups in total. The maximum atomic E-state index is 12.5. The number of halogens is 3. The van der Waals surface area contributed by atoms with Gasteiger partial charge in [-0.3, -0.25) is 9.52 Å². The number of benzene rings is 3. The number of rotatable bonds is 7. The molecule has 0 saturated heterocycles. The molecule has 30 heavy (non-hydrogen) atoms. The molecule has 0 saturated carbocycles. The highest BCUT2D eigenvalue weighted by molar-refractivity contribution is 7.92. The standard InChI is InChI=1S/C20H15Cl3N2O4S/c21-13-9-14(22)11-15(10-13)25-30(27,28)17-7-5-16(6-8-17)29-12-20(26)24-19-4-2-1-3-18(19)23/h1-11,25H,12H2,(H,24,26). The summed E-state index contributed by atoms with van der Waals surface area (Å²) in [4.78, 5) is 12.0. The summed E-state index contributed by atoms with van der Waals surface area (Å²) in [5, 5.41) is 3.65. The van der Waals surface area contributed by atoms with Crippen LogP contribution >= 0.6 is 34.8 Å². The number of anilines is 2. The predicted molar refractivity (Wildman–Crippen MR) is 119 cm³/mol. The monoisotopic (exact) mass is 484 g/mol. The molecule has 0 atom stereocenters. The molecule has 0 unspecified atom stereocenters. The van der Waals surface area contributed by atoms with Crippen LogP contribution in [0.1, 0.15) is 0 Å². The van der Waals surface area contributed by atoms with E-state index in [1.54, 1.807) is 24.3 Å². The number of carbonyl (C=O) groups excluding carboxylic acids is 1. The van der Waals surface area contributed by atoms with E-state index in [0.29, 0.717) is 26.5 Å². The SMILES string of the molecule is O=C(COc1ccc(S(=O)(=O)Nc2cc(Cl)cc(Cl)c2)cc1)Nc1ccccc1Cl. The van der Waals surface area contributed by atoms with Gasteiger partial charge in [0.2, 0.25) is 0 Å². The van der Waals surface area contributed by atoms with Gasteiger partial charge in [0.1, 0.15) is 5.75 Å². The van der Waals surface area contributed by atoms with Crippen molar-refractivity contribution in [3.63, 3.8) is 0 Å². The van der Waals surface area contributed by atoms with Gasteiger partial charge in [-0.1, -0.05) is 46.9 Å². The third kappa shape index (κ3) is 6.03. The molecule has 10 heteroatoms. The Labute approximate surface area is 188 Å². The van der Waals surface area contributed by atoms with Gasteiger partial charge in [0, 0.05) is 10.0 Å². The fraction of sp³-hybridized carbons (Fsp3) is 0.0500. The van der Waals surface area contributed by atoms with Crippen LogP contribution in [0.25, 0.3) is 0 Å². The fourth-order valence-corrected chi connectivity index (χ4v) is 4.19. The van der Waals surface area contributed by atoms with Crippen molar-refractivity contribution in [2.24, 2.45) is 0 Å². The largest absolute Gasteiger partial charge is 0.484 e. The summed E-state index contributed by atoms with van der Waals surface area (Å²) in [6.45, 7) is -0.267. The summed E-state index contributed by atoms with van der Waals surface area (Å²) in [6, 6.07) is 16.8. The first-order chi connectivity index (χ1) is 14.2. The minimum atomic E-state index is -3.86. The van der Waals surface area contributed by atoms with E-state index in [1.807, 2.05) is 0 Å². The Morgan fingerprint density at radius 1 is 0.900 bits per heavy atom. The molecule has 6 nitrogen and oxygen atoms in total. The minimum Gasteiger partial charge on any atom is -0.484 e. The molecule has 1 amide bonds. The summed E-state index contributed by atoms with van der Waals surface area (Å²) >= 11 is 17.8. The van der Waals surface area contributed by atoms with E-state index in [0.717, 1.165) is 0 Å². The van der Waals surface area contributed by atoms with Gasteiger partial charge in [0.25, 0.3) is 15.9 Å². The Balaban J connectivity index is 1.61. The summed E-state index contributed by atoms with van der Waals surface area (Å²) in [5.74, 6) is -0.0756. The van der Waals surface area contributed by atoms with Crippen molar-refractivity contribution in [1.29, 1.82) is 0 Å². The van der Waals surface area contributed by atoms with Crippen LogP contribution in [-0.2, 0) is 14.8 Å². The lowest BCUT2D eigenvalue weighted by Gasteiger charge is -2.11. The number of ether oxygens (including phenoxy) is 1. The van der Waals surface area contributed by atoms with Crippen molar-refractivity contribution >= 4 is 62.1 Å². The zero-order chi connectivity index (χ0) is 21.7. The van der Waals surface area contributed by atoms with Crippen molar-refractivity contribution in [2.75, 3.05) is 16.6 Å². The van der Waals surface area contributed by atoms with Crippen molar-refractivity contribution in [3.05, 3.63) is 81.8 Å². The van der Waals surface area contributed by atoms with E-state index in [1.165, 1.54) is 42.5 Å². The predicted octanol–water partition coefficient (Wildman–Crippen LogP) is 5.47. The number of hydrogen-bond acceptors (Lipinski definition) is 4. The molecule has 0 aromatic heterocycles. The van der Waals surface area contributed by atoms with E-state index < -0.39 is 15.9 Å². The van der Waals surface area contributed by atoms with Crippen molar-refractivity contribution in [2.45, 2.75) is 4.90 Å². The highest BCUT2D eigenvalue weighted by Gasteiger charge is 2.15. The average molecular weight is 486 g/mol. The number of amides is 1. The van der Waals surface area contributed by atoms with Crippen LogP contribution in [0.3, 0.4) is 0 Å². The van der Waals surface area contributed by atoms with Gasteiger partial charge < -0.3 is 10.1 Å². The molecule has 0 aliphatic rings. The maximum Gasteiger partial charge on any atom is 0.262 e. The number of carbonyl (C=O) groups is 1. The number of hydrogen-bond donors (Lipinski definition) is 2. The minimum absolute atomic E-state index is 0.00599. The van der Waals surface area contributed by atoms with Crippen LogP contribution in [0.2, 0.25) is 15.1 Å². The smallest absolute Gasteiger partial charge is 0.262 e. The van der Waals surface area contributed by atoms with Gasteiger partial charge in [-0.25, -0.2) is 8.42 Å². The van der Waals surface area contributed by atoms with Crippen molar-refractivity contribution in [3.8, 4) is 5.75 Å². The molecule has 0 aliphatic heterocycles. The lowest BCUT2D eigenvalue weighted by molar-refractivity contribution is -0.118. The first kappa shape index (κ1) is 22.2. The second kappa shape index (κ2) is 9.57. The van der Waals surface area contributed by atoms with Gasteiger partial charge in [0.15, 0.2) is 6.61 Å². The van der Waals surface area contributed by atoms with Gasteiger partial charge >= 0.3 is 0 Å². The molecule has 3 rings (SSSR count). The zero-order valence-electron chi connectivity index (χ0n) is 15.2. The number of sulfonamides is 1. The second-order valence-electron chi connectivity index (χ2n) is 6.05. The molecule has 0 aliphatic carbocycles. The van der Waals surface area contributed by atoms with Gasteiger partial charge in [-0.05, 0) is 54.6 Å². The van der Waals surface area contributed by atoms with Crippen LogP contribution < -0.4 is 14.8 Å². The van der Waals surface area contributed by atoms with E-state index in [4.69, 9.17) is 39.5 Å². The van der Waals surface area contributed by atoms with E-state index >= 15 is 0 Å². The summed E-state index contributed by atoms with van der Waals surface area (Å²) in [7, 11) is -3.86. The zero-order valence-corrected chi connectivity index (χ0v) is 18.3. The molecule has 0 bridgehead atoms.